The van der Waals surface area contributed by atoms with Crippen LogP contribution in [0.3, 0.4) is 0 Å². The van der Waals surface area contributed by atoms with Crippen molar-refractivity contribution in [3.63, 3.8) is 0 Å². The minimum Gasteiger partial charge on any atom is -0.276 e. The van der Waals surface area contributed by atoms with E-state index in [0.717, 1.165) is 31.3 Å². The molecule has 0 fully saturated rings. The van der Waals surface area contributed by atoms with Crippen molar-refractivity contribution in [3.05, 3.63) is 57.7 Å². The third-order valence-corrected chi connectivity index (χ3v) is 4.31. The quantitative estimate of drug-likeness (QED) is 0.443. The minimum absolute atomic E-state index is 0.0831. The fourth-order valence-corrected chi connectivity index (χ4v) is 3.42. The molecule has 0 radical (unpaired) electrons. The molecule has 0 N–H and O–H groups in total. The summed E-state index contributed by atoms with van der Waals surface area (Å²) in [6, 6.07) is 16.0. The number of fused-ring (bicyclic) bond motifs is 5. The van der Waals surface area contributed by atoms with Crippen LogP contribution < -0.4 is 0 Å². The Balaban J connectivity index is 2.20. The van der Waals surface area contributed by atoms with E-state index in [2.05, 4.69) is 28.7 Å². The number of hydrogen-bond acceptors (Lipinski definition) is 1. The van der Waals surface area contributed by atoms with Gasteiger partial charge in [0.25, 0.3) is 5.91 Å². The fraction of sp³-hybridized carbons (Fsp3) is 0. The van der Waals surface area contributed by atoms with Crippen molar-refractivity contribution in [2.75, 3.05) is 0 Å². The van der Waals surface area contributed by atoms with E-state index in [0.29, 0.717) is 0 Å². The molecule has 0 saturated heterocycles. The molecule has 1 aromatic heterocycles. The average Bonchev–Trinajstić information content (AvgIpc) is 2.87. The van der Waals surface area contributed by atoms with Crippen molar-refractivity contribution in [2.45, 2.75) is 0 Å². The van der Waals surface area contributed by atoms with Crippen LogP contribution in [0.4, 0.5) is 0 Å². The van der Waals surface area contributed by atoms with E-state index in [-0.39, 0.29) is 5.91 Å². The van der Waals surface area contributed by atoms with Gasteiger partial charge in [-0.15, -0.1) is 0 Å². The summed E-state index contributed by atoms with van der Waals surface area (Å²) < 4.78 is 2.95. The van der Waals surface area contributed by atoms with Gasteiger partial charge in [0.05, 0.1) is 16.8 Å². The smallest absolute Gasteiger partial charge is 0.263 e. The number of hydrogen-bond donors (Lipinski definition) is 0. The van der Waals surface area contributed by atoms with Crippen LogP contribution in [-0.2, 0) is 0 Å². The highest BCUT2D eigenvalue weighted by molar-refractivity contribution is 14.1. The Bertz CT molecular complexity index is 816. The predicted molar refractivity (Wildman–Crippen MR) is 79.8 cm³/mol. The van der Waals surface area contributed by atoms with E-state index < -0.39 is 0 Å². The lowest BCUT2D eigenvalue weighted by atomic mass is 10.1. The summed E-state index contributed by atoms with van der Waals surface area (Å²) in [4.78, 5) is 12.5. The average molecular weight is 345 g/mol. The van der Waals surface area contributed by atoms with Crippen molar-refractivity contribution < 1.29 is 4.79 Å². The number of carbonyl (C=O) groups is 1. The molecule has 1 aliphatic heterocycles. The van der Waals surface area contributed by atoms with Crippen LogP contribution in [0.15, 0.2) is 48.5 Å². The molecule has 0 aliphatic carbocycles. The first-order chi connectivity index (χ1) is 8.77. The molecule has 0 spiro atoms. The monoisotopic (exact) mass is 345 g/mol. The summed E-state index contributed by atoms with van der Waals surface area (Å²) in [6.07, 6.45) is 0. The highest BCUT2D eigenvalue weighted by Gasteiger charge is 2.29. The first kappa shape index (κ1) is 10.3. The number of para-hydroxylation sites is 1. The molecule has 0 saturated carbocycles. The molecule has 2 heterocycles. The highest BCUT2D eigenvalue weighted by Crippen LogP contribution is 2.39. The summed E-state index contributed by atoms with van der Waals surface area (Å²) in [6.45, 7) is 0. The van der Waals surface area contributed by atoms with Crippen molar-refractivity contribution in [2.24, 2.45) is 0 Å². The maximum Gasteiger partial charge on any atom is 0.263 e. The van der Waals surface area contributed by atoms with E-state index in [1.165, 1.54) is 0 Å². The lowest BCUT2D eigenvalue weighted by Crippen LogP contribution is -2.05. The van der Waals surface area contributed by atoms with Crippen LogP contribution in [0, 0.1) is 3.57 Å². The van der Waals surface area contributed by atoms with Crippen molar-refractivity contribution in [1.29, 1.82) is 0 Å². The SMILES string of the molecule is O=C1c2cccc(I)c2-c2cc3ccccc3n21. The highest BCUT2D eigenvalue weighted by atomic mass is 127. The van der Waals surface area contributed by atoms with Crippen molar-refractivity contribution in [3.8, 4) is 11.3 Å². The Kier molecular flexibility index (Phi) is 1.97. The first-order valence-corrected chi connectivity index (χ1v) is 6.79. The maximum atomic E-state index is 12.5. The fourth-order valence-electron chi connectivity index (χ4n) is 2.64. The Morgan fingerprint density at radius 1 is 1.00 bits per heavy atom. The van der Waals surface area contributed by atoms with Crippen LogP contribution in [0.25, 0.3) is 22.2 Å². The van der Waals surface area contributed by atoms with Crippen LogP contribution in [0.1, 0.15) is 10.4 Å². The molecular formula is C15H8INO. The Morgan fingerprint density at radius 2 is 1.83 bits per heavy atom. The van der Waals surface area contributed by atoms with Crippen molar-refractivity contribution >= 4 is 39.4 Å². The molecule has 0 atom stereocenters. The van der Waals surface area contributed by atoms with Gasteiger partial charge in [0.2, 0.25) is 0 Å². The number of carbonyl (C=O) groups excluding carboxylic acids is 1. The zero-order valence-corrected chi connectivity index (χ0v) is 11.5. The van der Waals surface area contributed by atoms with Gasteiger partial charge in [-0.3, -0.25) is 9.36 Å². The molecule has 86 valence electrons. The molecule has 0 bridgehead atoms. The van der Waals surface area contributed by atoms with Crippen LogP contribution in [0.2, 0.25) is 0 Å². The zero-order chi connectivity index (χ0) is 12.3. The second kappa shape index (κ2) is 3.45. The van der Waals surface area contributed by atoms with Gasteiger partial charge in [-0.05, 0) is 46.9 Å². The van der Waals surface area contributed by atoms with E-state index in [1.807, 2.05) is 47.0 Å². The lowest BCUT2D eigenvalue weighted by Gasteiger charge is -1.99. The molecular weight excluding hydrogens is 337 g/mol. The molecule has 2 nitrogen and oxygen atoms in total. The van der Waals surface area contributed by atoms with Crippen molar-refractivity contribution in [1.82, 2.24) is 4.57 Å². The summed E-state index contributed by atoms with van der Waals surface area (Å²) in [5.41, 5.74) is 3.88. The van der Waals surface area contributed by atoms with Gasteiger partial charge in [-0.25, -0.2) is 0 Å². The summed E-state index contributed by atoms with van der Waals surface area (Å²) >= 11 is 2.29. The Hall–Kier alpha value is -1.62. The van der Waals surface area contributed by atoms with Gasteiger partial charge in [0.1, 0.15) is 0 Å². The minimum atomic E-state index is 0.0831. The lowest BCUT2D eigenvalue weighted by molar-refractivity contribution is 0.0973. The van der Waals surface area contributed by atoms with Gasteiger partial charge in [-0.2, -0.15) is 0 Å². The first-order valence-electron chi connectivity index (χ1n) is 5.71. The molecule has 18 heavy (non-hydrogen) atoms. The molecule has 0 unspecified atom stereocenters. The molecule has 3 heteroatoms. The van der Waals surface area contributed by atoms with Gasteiger partial charge in [-0.1, -0.05) is 24.3 Å². The van der Waals surface area contributed by atoms with Gasteiger partial charge >= 0.3 is 0 Å². The van der Waals surface area contributed by atoms with E-state index in [1.54, 1.807) is 0 Å². The maximum absolute atomic E-state index is 12.5. The third kappa shape index (κ3) is 1.15. The number of aromatic nitrogens is 1. The standard InChI is InChI=1S/C15H8INO/c16-11-6-3-5-10-14(11)13-8-9-4-1-2-7-12(9)17(13)15(10)18/h1-8H. The molecule has 2 aromatic carbocycles. The van der Waals surface area contributed by atoms with Crippen LogP contribution in [0.5, 0.6) is 0 Å². The molecule has 0 amide bonds. The topological polar surface area (TPSA) is 22.0 Å². The second-order valence-electron chi connectivity index (χ2n) is 4.39. The van der Waals surface area contributed by atoms with Gasteiger partial charge < -0.3 is 0 Å². The molecule has 3 aromatic rings. The number of nitrogens with zero attached hydrogens (tertiary/aromatic N) is 1. The largest absolute Gasteiger partial charge is 0.276 e. The number of rotatable bonds is 0. The normalized spacial score (nSPS) is 12.8. The predicted octanol–water partition coefficient (Wildman–Crippen LogP) is 3.91. The van der Waals surface area contributed by atoms with Crippen LogP contribution in [-0.4, -0.2) is 10.5 Å². The van der Waals surface area contributed by atoms with Gasteiger partial charge in [0.15, 0.2) is 0 Å². The van der Waals surface area contributed by atoms with E-state index >= 15 is 0 Å². The van der Waals surface area contributed by atoms with Gasteiger partial charge in [0, 0.05) is 14.5 Å². The summed E-state index contributed by atoms with van der Waals surface area (Å²) in [5.74, 6) is 0.0831. The van der Waals surface area contributed by atoms with E-state index in [4.69, 9.17) is 0 Å². The number of benzene rings is 2. The Labute approximate surface area is 117 Å². The van der Waals surface area contributed by atoms with E-state index in [9.17, 15) is 4.79 Å². The Morgan fingerprint density at radius 3 is 2.72 bits per heavy atom. The summed E-state index contributed by atoms with van der Waals surface area (Å²) in [5, 5.41) is 1.12. The summed E-state index contributed by atoms with van der Waals surface area (Å²) in [7, 11) is 0. The third-order valence-electron chi connectivity index (χ3n) is 3.41. The van der Waals surface area contributed by atoms with Crippen LogP contribution >= 0.6 is 22.6 Å². The second-order valence-corrected chi connectivity index (χ2v) is 5.55. The molecule has 1 aliphatic rings. The number of halogens is 1. The zero-order valence-electron chi connectivity index (χ0n) is 9.35. The molecule has 4 rings (SSSR count).